The zero-order valence-corrected chi connectivity index (χ0v) is 17.8. The van der Waals surface area contributed by atoms with Crippen LogP contribution in [0.4, 0.5) is 0 Å². The molecule has 158 valence electrons. The summed E-state index contributed by atoms with van der Waals surface area (Å²) in [5.74, 6) is 2.27. The van der Waals surface area contributed by atoms with E-state index in [1.807, 2.05) is 78.9 Å². The molecule has 0 saturated carbocycles. The van der Waals surface area contributed by atoms with Crippen molar-refractivity contribution >= 4 is 7.69 Å². The van der Waals surface area contributed by atoms with Gasteiger partial charge in [0.15, 0.2) is 17.5 Å². The van der Waals surface area contributed by atoms with Crippen molar-refractivity contribution in [2.24, 2.45) is 0 Å². The quantitative estimate of drug-likeness (QED) is 0.377. The van der Waals surface area contributed by atoms with Crippen LogP contribution in [0.2, 0.25) is 0 Å². The van der Waals surface area contributed by atoms with Gasteiger partial charge in [-0.15, -0.1) is 0 Å². The van der Waals surface area contributed by atoms with E-state index in [1.54, 1.807) is 6.07 Å². The van der Waals surface area contributed by atoms with Gasteiger partial charge in [-0.3, -0.25) is 0 Å². The van der Waals surface area contributed by atoms with Crippen LogP contribution in [-0.4, -0.2) is 27.7 Å². The van der Waals surface area contributed by atoms with Gasteiger partial charge < -0.3 is 9.68 Å². The first-order chi connectivity index (χ1) is 16.3. The van der Waals surface area contributed by atoms with E-state index in [2.05, 4.69) is 24.3 Å². The SMILES string of the molecule is OBOc1cccc(-c2nc(-c3ccccc3)nc(-c3ccc(-c4ccccc4)cc3)n2)c1. The van der Waals surface area contributed by atoms with Crippen LogP contribution in [0, 0.1) is 0 Å². The van der Waals surface area contributed by atoms with Gasteiger partial charge in [-0.2, -0.15) is 0 Å². The van der Waals surface area contributed by atoms with Gasteiger partial charge in [0, 0.05) is 16.7 Å². The summed E-state index contributed by atoms with van der Waals surface area (Å²) in [6.45, 7) is 0. The lowest BCUT2D eigenvalue weighted by atomic mass is 10.0. The Morgan fingerprint density at radius 1 is 0.485 bits per heavy atom. The second kappa shape index (κ2) is 9.46. The molecule has 0 amide bonds. The molecule has 5 nitrogen and oxygen atoms in total. The lowest BCUT2D eigenvalue weighted by Crippen LogP contribution is -2.02. The maximum absolute atomic E-state index is 9.11. The highest BCUT2D eigenvalue weighted by Crippen LogP contribution is 2.28. The fourth-order valence-corrected chi connectivity index (χ4v) is 3.59. The number of hydrogen-bond acceptors (Lipinski definition) is 5. The molecule has 0 bridgehead atoms. The van der Waals surface area contributed by atoms with E-state index in [9.17, 15) is 0 Å². The normalized spacial score (nSPS) is 10.6. The summed E-state index contributed by atoms with van der Waals surface area (Å²) in [5.41, 5.74) is 4.88. The van der Waals surface area contributed by atoms with E-state index in [4.69, 9.17) is 24.6 Å². The molecule has 0 aliphatic carbocycles. The van der Waals surface area contributed by atoms with Crippen LogP contribution in [0.5, 0.6) is 5.75 Å². The van der Waals surface area contributed by atoms with Crippen LogP contribution in [0.3, 0.4) is 0 Å². The van der Waals surface area contributed by atoms with Gasteiger partial charge >= 0.3 is 7.69 Å². The van der Waals surface area contributed by atoms with Crippen LogP contribution in [0.15, 0.2) is 109 Å². The van der Waals surface area contributed by atoms with Crippen molar-refractivity contribution in [2.75, 3.05) is 0 Å². The largest absolute Gasteiger partial charge is 0.539 e. The predicted octanol–water partition coefficient (Wildman–Crippen LogP) is 5.18. The maximum Gasteiger partial charge on any atom is 0.504 e. The van der Waals surface area contributed by atoms with Gasteiger partial charge in [-0.25, -0.2) is 15.0 Å². The fraction of sp³-hybridized carbons (Fsp3) is 0. The minimum absolute atomic E-state index is 0.394. The molecule has 0 aliphatic heterocycles. The summed E-state index contributed by atoms with van der Waals surface area (Å²) in [4.78, 5) is 14.3. The third-order valence-electron chi connectivity index (χ3n) is 5.24. The van der Waals surface area contributed by atoms with Crippen LogP contribution >= 0.6 is 0 Å². The van der Waals surface area contributed by atoms with Gasteiger partial charge in [-0.1, -0.05) is 97.1 Å². The van der Waals surface area contributed by atoms with Crippen molar-refractivity contribution in [3.05, 3.63) is 109 Å². The Labute approximate surface area is 192 Å². The Morgan fingerprint density at radius 3 is 1.55 bits per heavy atom. The molecule has 0 spiro atoms. The van der Waals surface area contributed by atoms with Crippen molar-refractivity contribution in [3.63, 3.8) is 0 Å². The highest BCUT2D eigenvalue weighted by atomic mass is 16.5. The van der Waals surface area contributed by atoms with Crippen molar-refractivity contribution < 1.29 is 9.68 Å². The molecule has 1 N–H and O–H groups in total. The maximum atomic E-state index is 9.11. The molecule has 0 radical (unpaired) electrons. The molecule has 1 aromatic heterocycles. The summed E-state index contributed by atoms with van der Waals surface area (Å²) < 4.78 is 5.24. The average molecular weight is 429 g/mol. The molecule has 0 aliphatic rings. The second-order valence-electron chi connectivity index (χ2n) is 7.42. The van der Waals surface area contributed by atoms with E-state index in [0.717, 1.165) is 27.8 Å². The van der Waals surface area contributed by atoms with E-state index in [-0.39, 0.29) is 0 Å². The lowest BCUT2D eigenvalue weighted by molar-refractivity contribution is 0.454. The molecule has 0 unspecified atom stereocenters. The Hall–Kier alpha value is -4.29. The molecule has 0 fully saturated rings. The Bertz CT molecular complexity index is 1360. The van der Waals surface area contributed by atoms with Gasteiger partial charge in [0.25, 0.3) is 0 Å². The number of hydrogen-bond donors (Lipinski definition) is 1. The first kappa shape index (κ1) is 20.6. The Morgan fingerprint density at radius 2 is 0.939 bits per heavy atom. The average Bonchev–Trinajstić information content (AvgIpc) is 2.90. The third kappa shape index (κ3) is 4.66. The molecular weight excluding hydrogens is 409 g/mol. The molecule has 33 heavy (non-hydrogen) atoms. The molecule has 4 aromatic carbocycles. The zero-order valence-electron chi connectivity index (χ0n) is 17.8. The Kier molecular flexibility index (Phi) is 5.91. The number of benzene rings is 4. The van der Waals surface area contributed by atoms with Gasteiger partial charge in [0.1, 0.15) is 5.75 Å². The second-order valence-corrected chi connectivity index (χ2v) is 7.42. The predicted molar refractivity (Wildman–Crippen MR) is 132 cm³/mol. The van der Waals surface area contributed by atoms with E-state index in [0.29, 0.717) is 23.2 Å². The summed E-state index contributed by atoms with van der Waals surface area (Å²) >= 11 is 0. The molecule has 5 aromatic rings. The number of aromatic nitrogens is 3. The topological polar surface area (TPSA) is 68.1 Å². The first-order valence-electron chi connectivity index (χ1n) is 10.6. The summed E-state index contributed by atoms with van der Waals surface area (Å²) in [5, 5.41) is 9.11. The molecule has 0 atom stereocenters. The fourth-order valence-electron chi connectivity index (χ4n) is 3.59. The van der Waals surface area contributed by atoms with Crippen molar-refractivity contribution in [3.8, 4) is 51.0 Å². The van der Waals surface area contributed by atoms with Crippen LogP contribution < -0.4 is 4.65 Å². The molecule has 0 saturated heterocycles. The molecular formula is C27H20BN3O2. The van der Waals surface area contributed by atoms with E-state index in [1.165, 1.54) is 0 Å². The highest BCUT2D eigenvalue weighted by Gasteiger charge is 2.13. The zero-order chi connectivity index (χ0) is 22.5. The number of nitrogens with zero attached hydrogens (tertiary/aromatic N) is 3. The van der Waals surface area contributed by atoms with Crippen molar-refractivity contribution in [1.29, 1.82) is 0 Å². The van der Waals surface area contributed by atoms with Crippen LogP contribution in [-0.2, 0) is 0 Å². The minimum atomic E-state index is -0.394. The molecule has 1 heterocycles. The van der Waals surface area contributed by atoms with Crippen molar-refractivity contribution in [2.45, 2.75) is 0 Å². The van der Waals surface area contributed by atoms with Gasteiger partial charge in [0.2, 0.25) is 0 Å². The van der Waals surface area contributed by atoms with Crippen LogP contribution in [0.1, 0.15) is 0 Å². The van der Waals surface area contributed by atoms with Crippen LogP contribution in [0.25, 0.3) is 45.3 Å². The lowest BCUT2D eigenvalue weighted by Gasteiger charge is -2.10. The van der Waals surface area contributed by atoms with E-state index < -0.39 is 7.69 Å². The molecule has 6 heteroatoms. The minimum Gasteiger partial charge on any atom is -0.539 e. The Balaban J connectivity index is 1.60. The summed E-state index contributed by atoms with van der Waals surface area (Å²) in [7, 11) is -0.394. The standard InChI is InChI=1S/C27H20BN3O2/c32-28-33-24-13-7-12-23(18-24)27-30-25(21-10-5-2-6-11-21)29-26(31-27)22-16-14-20(15-17-22)19-8-3-1-4-9-19/h1-18,28,32H. The van der Waals surface area contributed by atoms with E-state index >= 15 is 0 Å². The summed E-state index contributed by atoms with van der Waals surface area (Å²) in [6.07, 6.45) is 0. The monoisotopic (exact) mass is 429 g/mol. The first-order valence-corrected chi connectivity index (χ1v) is 10.6. The smallest absolute Gasteiger partial charge is 0.504 e. The highest BCUT2D eigenvalue weighted by molar-refractivity contribution is 6.17. The third-order valence-corrected chi connectivity index (χ3v) is 5.24. The molecule has 5 rings (SSSR count). The van der Waals surface area contributed by atoms with Crippen molar-refractivity contribution in [1.82, 2.24) is 15.0 Å². The van der Waals surface area contributed by atoms with Gasteiger partial charge in [0.05, 0.1) is 0 Å². The number of rotatable bonds is 6. The van der Waals surface area contributed by atoms with Gasteiger partial charge in [-0.05, 0) is 23.3 Å². The summed E-state index contributed by atoms with van der Waals surface area (Å²) in [6, 6.07) is 35.6.